The van der Waals surface area contributed by atoms with Gasteiger partial charge in [0, 0.05) is 0 Å². The zero-order valence-electron chi connectivity index (χ0n) is 18.4. The Morgan fingerprint density at radius 3 is 1.28 bits per heavy atom. The summed E-state index contributed by atoms with van der Waals surface area (Å²) in [6.45, 7) is 12.1. The molecule has 156 valence electrons. The van der Waals surface area contributed by atoms with Crippen LogP contribution in [0.5, 0.6) is 11.5 Å². The summed E-state index contributed by atoms with van der Waals surface area (Å²) >= 11 is 0. The summed E-state index contributed by atoms with van der Waals surface area (Å²) in [6, 6.07) is 14.8. The van der Waals surface area contributed by atoms with Crippen LogP contribution in [0.2, 0.25) is 0 Å². The predicted molar refractivity (Wildman–Crippen MR) is 115 cm³/mol. The Kier molecular flexibility index (Phi) is 7.23. The molecule has 2 aromatic carbocycles. The Morgan fingerprint density at radius 1 is 0.655 bits per heavy atom. The van der Waals surface area contributed by atoms with E-state index in [0.717, 1.165) is 11.1 Å². The minimum absolute atomic E-state index is 0.267. The van der Waals surface area contributed by atoms with Crippen molar-refractivity contribution in [2.24, 2.45) is 10.8 Å². The van der Waals surface area contributed by atoms with Gasteiger partial charge in [-0.05, 0) is 55.4 Å². The van der Waals surface area contributed by atoms with Gasteiger partial charge in [-0.1, -0.05) is 63.1 Å². The molecule has 0 amide bonds. The molecule has 0 radical (unpaired) electrons. The summed E-state index contributed by atoms with van der Waals surface area (Å²) in [6.07, 6.45) is 1.24. The van der Waals surface area contributed by atoms with E-state index in [0.29, 0.717) is 17.9 Å². The SMILES string of the molecule is Cc1ccc(OC(=O)CC(C)(C)CC(C)(C)CC(=O)Oc2ccc(C)cc2)cc1. The van der Waals surface area contributed by atoms with Crippen LogP contribution in [0, 0.1) is 24.7 Å². The first kappa shape index (κ1) is 22.7. The second-order valence-corrected chi connectivity index (χ2v) is 9.43. The lowest BCUT2D eigenvalue weighted by atomic mass is 9.72. The summed E-state index contributed by atoms with van der Waals surface area (Å²) in [5, 5.41) is 0. The smallest absolute Gasteiger partial charge is 0.311 e. The standard InChI is InChI=1S/C25H32O4/c1-18-7-11-20(12-8-18)28-22(26)15-24(3,4)17-25(5,6)16-23(27)29-21-13-9-19(2)10-14-21/h7-14H,15-17H2,1-6H3. The van der Waals surface area contributed by atoms with Crippen molar-refractivity contribution < 1.29 is 19.1 Å². The Bertz CT molecular complexity index is 759. The first-order valence-corrected chi connectivity index (χ1v) is 9.99. The first-order valence-electron chi connectivity index (χ1n) is 9.99. The van der Waals surface area contributed by atoms with E-state index in [-0.39, 0.29) is 35.6 Å². The number of hydrogen-bond donors (Lipinski definition) is 0. The van der Waals surface area contributed by atoms with Gasteiger partial charge in [-0.3, -0.25) is 9.59 Å². The number of benzene rings is 2. The minimum atomic E-state index is -0.310. The van der Waals surface area contributed by atoms with Crippen molar-refractivity contribution in [3.05, 3.63) is 59.7 Å². The third kappa shape index (κ3) is 8.10. The number of ether oxygens (including phenoxy) is 2. The number of rotatable bonds is 8. The van der Waals surface area contributed by atoms with E-state index >= 15 is 0 Å². The lowest BCUT2D eigenvalue weighted by Gasteiger charge is -2.33. The van der Waals surface area contributed by atoms with Gasteiger partial charge in [-0.2, -0.15) is 0 Å². The van der Waals surface area contributed by atoms with Crippen LogP contribution in [-0.4, -0.2) is 11.9 Å². The molecule has 29 heavy (non-hydrogen) atoms. The fourth-order valence-electron chi connectivity index (χ4n) is 3.75. The fourth-order valence-corrected chi connectivity index (χ4v) is 3.75. The van der Waals surface area contributed by atoms with E-state index < -0.39 is 0 Å². The Balaban J connectivity index is 1.88. The Hall–Kier alpha value is -2.62. The highest BCUT2D eigenvalue weighted by molar-refractivity contribution is 5.74. The normalized spacial score (nSPS) is 11.8. The molecule has 0 aliphatic carbocycles. The van der Waals surface area contributed by atoms with Gasteiger partial charge in [-0.25, -0.2) is 0 Å². The second kappa shape index (κ2) is 9.25. The van der Waals surface area contributed by atoms with Crippen molar-refractivity contribution in [2.45, 2.75) is 60.8 Å². The molecule has 0 heterocycles. The highest BCUT2D eigenvalue weighted by Crippen LogP contribution is 2.39. The first-order chi connectivity index (χ1) is 13.4. The molecule has 2 rings (SSSR count). The summed E-state index contributed by atoms with van der Waals surface area (Å²) in [7, 11) is 0. The summed E-state index contributed by atoms with van der Waals surface area (Å²) < 4.78 is 10.9. The lowest BCUT2D eigenvalue weighted by molar-refractivity contribution is -0.137. The Labute approximate surface area is 174 Å². The third-order valence-corrected chi connectivity index (χ3v) is 4.71. The maximum Gasteiger partial charge on any atom is 0.311 e. The van der Waals surface area contributed by atoms with E-state index in [2.05, 4.69) is 0 Å². The highest BCUT2D eigenvalue weighted by atomic mass is 16.5. The summed E-state index contributed by atoms with van der Waals surface area (Å²) in [4.78, 5) is 24.8. The second-order valence-electron chi connectivity index (χ2n) is 9.43. The zero-order valence-corrected chi connectivity index (χ0v) is 18.4. The third-order valence-electron chi connectivity index (χ3n) is 4.71. The highest BCUT2D eigenvalue weighted by Gasteiger charge is 2.33. The van der Waals surface area contributed by atoms with Gasteiger partial charge in [-0.15, -0.1) is 0 Å². The van der Waals surface area contributed by atoms with Crippen molar-refractivity contribution in [1.29, 1.82) is 0 Å². The van der Waals surface area contributed by atoms with Gasteiger partial charge in [0.25, 0.3) is 0 Å². The quantitative estimate of drug-likeness (QED) is 0.403. The van der Waals surface area contributed by atoms with Gasteiger partial charge in [0.15, 0.2) is 0 Å². The largest absolute Gasteiger partial charge is 0.427 e. The molecule has 0 spiro atoms. The van der Waals surface area contributed by atoms with Crippen LogP contribution in [0.3, 0.4) is 0 Å². The van der Waals surface area contributed by atoms with Crippen LogP contribution in [0.25, 0.3) is 0 Å². The molecule has 4 nitrogen and oxygen atoms in total. The van der Waals surface area contributed by atoms with Gasteiger partial charge in [0.1, 0.15) is 11.5 Å². The molecule has 0 saturated carbocycles. The topological polar surface area (TPSA) is 52.6 Å². The van der Waals surface area contributed by atoms with E-state index in [1.807, 2.05) is 65.8 Å². The van der Waals surface area contributed by atoms with E-state index in [1.165, 1.54) is 0 Å². The monoisotopic (exact) mass is 396 g/mol. The van der Waals surface area contributed by atoms with Crippen LogP contribution >= 0.6 is 0 Å². The van der Waals surface area contributed by atoms with Gasteiger partial charge < -0.3 is 9.47 Å². The van der Waals surface area contributed by atoms with Gasteiger partial charge in [0.2, 0.25) is 0 Å². The predicted octanol–water partition coefficient (Wildman–Crippen LogP) is 6.04. The van der Waals surface area contributed by atoms with Gasteiger partial charge >= 0.3 is 11.9 Å². The van der Waals surface area contributed by atoms with E-state index in [9.17, 15) is 9.59 Å². The Morgan fingerprint density at radius 2 is 0.966 bits per heavy atom. The molecule has 0 aliphatic heterocycles. The maximum atomic E-state index is 12.4. The molecular weight excluding hydrogens is 364 g/mol. The maximum absolute atomic E-state index is 12.4. The molecule has 0 aromatic heterocycles. The van der Waals surface area contributed by atoms with Gasteiger partial charge in [0.05, 0.1) is 12.8 Å². The molecule has 0 aliphatic rings. The number of esters is 2. The molecule has 0 fully saturated rings. The number of carbonyl (C=O) groups excluding carboxylic acids is 2. The summed E-state index contributed by atoms with van der Waals surface area (Å²) in [5.41, 5.74) is 1.61. The number of hydrogen-bond acceptors (Lipinski definition) is 4. The molecule has 0 unspecified atom stereocenters. The zero-order chi connectivity index (χ0) is 21.7. The van der Waals surface area contributed by atoms with Crippen LogP contribution in [0.1, 0.15) is 58.1 Å². The molecular formula is C25H32O4. The summed E-state index contributed by atoms with van der Waals surface area (Å²) in [5.74, 6) is 0.573. The van der Waals surface area contributed by atoms with Crippen molar-refractivity contribution in [3.8, 4) is 11.5 Å². The van der Waals surface area contributed by atoms with Crippen molar-refractivity contribution >= 4 is 11.9 Å². The van der Waals surface area contributed by atoms with Crippen LogP contribution in [0.4, 0.5) is 0 Å². The van der Waals surface area contributed by atoms with Crippen molar-refractivity contribution in [2.75, 3.05) is 0 Å². The molecule has 0 N–H and O–H groups in total. The molecule has 0 bridgehead atoms. The number of aryl methyl sites for hydroxylation is 2. The molecule has 2 aromatic rings. The molecule has 4 heteroatoms. The van der Waals surface area contributed by atoms with E-state index in [4.69, 9.17) is 9.47 Å². The lowest BCUT2D eigenvalue weighted by Crippen LogP contribution is -2.30. The number of carbonyl (C=O) groups is 2. The fraction of sp³-hybridized carbons (Fsp3) is 0.440. The average molecular weight is 397 g/mol. The van der Waals surface area contributed by atoms with Crippen LogP contribution in [-0.2, 0) is 9.59 Å². The van der Waals surface area contributed by atoms with Crippen molar-refractivity contribution in [1.82, 2.24) is 0 Å². The molecule has 0 saturated heterocycles. The van der Waals surface area contributed by atoms with Crippen LogP contribution in [0.15, 0.2) is 48.5 Å². The van der Waals surface area contributed by atoms with Crippen LogP contribution < -0.4 is 9.47 Å². The minimum Gasteiger partial charge on any atom is -0.427 e. The molecule has 0 atom stereocenters. The average Bonchev–Trinajstić information content (AvgIpc) is 2.56. The van der Waals surface area contributed by atoms with Crippen molar-refractivity contribution in [3.63, 3.8) is 0 Å². The van der Waals surface area contributed by atoms with E-state index in [1.54, 1.807) is 24.3 Å².